The van der Waals surface area contributed by atoms with Crippen LogP contribution in [0.4, 0.5) is 5.13 Å². The largest absolute Gasteiger partial charge is 0.300 e. The van der Waals surface area contributed by atoms with Crippen molar-refractivity contribution in [2.45, 2.75) is 25.8 Å². The van der Waals surface area contributed by atoms with Gasteiger partial charge < -0.3 is 0 Å². The van der Waals surface area contributed by atoms with Crippen LogP contribution >= 0.6 is 23.1 Å². The number of aryl methyl sites for hydroxylation is 3. The molecule has 0 aliphatic rings. The van der Waals surface area contributed by atoms with E-state index < -0.39 is 0 Å². The molecule has 1 N–H and O–H groups in total. The van der Waals surface area contributed by atoms with Crippen LogP contribution in [0.5, 0.6) is 0 Å². The van der Waals surface area contributed by atoms with Crippen LogP contribution in [0.15, 0.2) is 35.4 Å². The first-order valence-corrected chi connectivity index (χ1v) is 9.45. The lowest BCUT2D eigenvalue weighted by Crippen LogP contribution is -2.14. The average molecular weight is 371 g/mol. The SMILES string of the molecule is Cc1ccc(-c2ccc(SCC(=O)Nc3nnc(C)s3)nn2)c(C)c1. The van der Waals surface area contributed by atoms with E-state index in [1.807, 2.05) is 19.1 Å². The first-order valence-electron chi connectivity index (χ1n) is 7.65. The van der Waals surface area contributed by atoms with E-state index in [1.165, 1.54) is 34.2 Å². The number of anilines is 1. The van der Waals surface area contributed by atoms with E-state index in [-0.39, 0.29) is 11.7 Å². The van der Waals surface area contributed by atoms with Gasteiger partial charge >= 0.3 is 0 Å². The van der Waals surface area contributed by atoms with Crippen LogP contribution in [0.1, 0.15) is 16.1 Å². The summed E-state index contributed by atoms with van der Waals surface area (Å²) in [6, 6.07) is 10.1. The Labute approximate surface area is 154 Å². The predicted molar refractivity (Wildman–Crippen MR) is 101 cm³/mol. The summed E-state index contributed by atoms with van der Waals surface area (Å²) in [4.78, 5) is 11.9. The minimum Gasteiger partial charge on any atom is -0.300 e. The second-order valence-electron chi connectivity index (χ2n) is 5.54. The molecule has 1 aromatic carbocycles. The highest BCUT2D eigenvalue weighted by Crippen LogP contribution is 2.24. The molecule has 0 aliphatic heterocycles. The molecule has 0 bridgehead atoms. The number of nitrogens with one attached hydrogen (secondary N) is 1. The Bertz CT molecular complexity index is 892. The number of nitrogens with zero attached hydrogens (tertiary/aromatic N) is 4. The van der Waals surface area contributed by atoms with Crippen LogP contribution in [-0.4, -0.2) is 32.1 Å². The summed E-state index contributed by atoms with van der Waals surface area (Å²) in [6.45, 7) is 5.97. The Kier molecular flexibility index (Phi) is 5.40. The van der Waals surface area contributed by atoms with Crippen molar-refractivity contribution in [2.75, 3.05) is 11.1 Å². The molecule has 25 heavy (non-hydrogen) atoms. The number of rotatable bonds is 5. The molecule has 0 fully saturated rings. The molecule has 0 atom stereocenters. The van der Waals surface area contributed by atoms with Gasteiger partial charge in [0, 0.05) is 5.56 Å². The zero-order valence-electron chi connectivity index (χ0n) is 14.1. The van der Waals surface area contributed by atoms with Crippen LogP contribution in [0.2, 0.25) is 0 Å². The van der Waals surface area contributed by atoms with E-state index in [2.05, 4.69) is 57.8 Å². The third kappa shape index (κ3) is 4.61. The van der Waals surface area contributed by atoms with Crippen molar-refractivity contribution in [1.82, 2.24) is 20.4 Å². The van der Waals surface area contributed by atoms with Gasteiger partial charge in [0.2, 0.25) is 11.0 Å². The Balaban J connectivity index is 1.60. The molecule has 2 aromatic heterocycles. The summed E-state index contributed by atoms with van der Waals surface area (Å²) in [7, 11) is 0. The van der Waals surface area contributed by atoms with Gasteiger partial charge in [-0.1, -0.05) is 46.9 Å². The average Bonchev–Trinajstić information content (AvgIpc) is 2.98. The van der Waals surface area contributed by atoms with Gasteiger partial charge in [-0.3, -0.25) is 10.1 Å². The summed E-state index contributed by atoms with van der Waals surface area (Å²) in [5.41, 5.74) is 4.29. The first-order chi connectivity index (χ1) is 12.0. The molecule has 0 aliphatic carbocycles. The quantitative estimate of drug-likeness (QED) is 0.690. The fraction of sp³-hybridized carbons (Fsp3) is 0.235. The molecule has 3 aromatic rings. The van der Waals surface area contributed by atoms with Crippen molar-refractivity contribution in [2.24, 2.45) is 0 Å². The Morgan fingerprint density at radius 2 is 1.92 bits per heavy atom. The van der Waals surface area contributed by atoms with Gasteiger partial charge in [0.25, 0.3) is 0 Å². The molecular weight excluding hydrogens is 354 g/mol. The third-order valence-electron chi connectivity index (χ3n) is 3.42. The van der Waals surface area contributed by atoms with Crippen LogP contribution in [-0.2, 0) is 4.79 Å². The summed E-state index contributed by atoms with van der Waals surface area (Å²) < 4.78 is 0. The molecule has 2 heterocycles. The lowest BCUT2D eigenvalue weighted by atomic mass is 10.0. The molecule has 0 saturated heterocycles. The van der Waals surface area contributed by atoms with E-state index >= 15 is 0 Å². The summed E-state index contributed by atoms with van der Waals surface area (Å²) >= 11 is 2.68. The number of hydrogen-bond acceptors (Lipinski definition) is 7. The first kappa shape index (κ1) is 17.5. The molecular formula is C17H17N5OS2. The highest BCUT2D eigenvalue weighted by atomic mass is 32.2. The number of hydrogen-bond donors (Lipinski definition) is 1. The minimum atomic E-state index is -0.138. The van der Waals surface area contributed by atoms with E-state index in [4.69, 9.17) is 0 Å². The lowest BCUT2D eigenvalue weighted by Gasteiger charge is -2.06. The van der Waals surface area contributed by atoms with E-state index in [0.29, 0.717) is 10.2 Å². The molecule has 0 saturated carbocycles. The van der Waals surface area contributed by atoms with Gasteiger partial charge in [0.05, 0.1) is 11.4 Å². The number of amides is 1. The van der Waals surface area contributed by atoms with Gasteiger partial charge in [-0.2, -0.15) is 0 Å². The smallest absolute Gasteiger partial charge is 0.236 e. The van der Waals surface area contributed by atoms with Crippen LogP contribution in [0, 0.1) is 20.8 Å². The predicted octanol–water partition coefficient (Wildman–Crippen LogP) is 3.65. The van der Waals surface area contributed by atoms with Crippen molar-refractivity contribution in [3.05, 3.63) is 46.5 Å². The maximum atomic E-state index is 11.9. The lowest BCUT2D eigenvalue weighted by molar-refractivity contribution is -0.113. The second kappa shape index (κ2) is 7.71. The molecule has 6 nitrogen and oxygen atoms in total. The van der Waals surface area contributed by atoms with Crippen LogP contribution in [0.25, 0.3) is 11.3 Å². The molecule has 0 radical (unpaired) electrons. The Hall–Kier alpha value is -2.32. The summed E-state index contributed by atoms with van der Waals surface area (Å²) in [6.07, 6.45) is 0. The number of carbonyl (C=O) groups excluding carboxylic acids is 1. The Morgan fingerprint density at radius 3 is 2.56 bits per heavy atom. The van der Waals surface area contributed by atoms with Gasteiger partial charge in [-0.25, -0.2) is 0 Å². The van der Waals surface area contributed by atoms with Crippen molar-refractivity contribution in [3.63, 3.8) is 0 Å². The zero-order valence-corrected chi connectivity index (χ0v) is 15.7. The maximum Gasteiger partial charge on any atom is 0.236 e. The van der Waals surface area contributed by atoms with Crippen LogP contribution < -0.4 is 5.32 Å². The van der Waals surface area contributed by atoms with Gasteiger partial charge in [0.1, 0.15) is 10.0 Å². The number of aromatic nitrogens is 4. The fourth-order valence-corrected chi connectivity index (χ4v) is 3.51. The summed E-state index contributed by atoms with van der Waals surface area (Å²) in [5.74, 6) is 0.109. The van der Waals surface area contributed by atoms with Crippen molar-refractivity contribution in [1.29, 1.82) is 0 Å². The van der Waals surface area contributed by atoms with Crippen molar-refractivity contribution >= 4 is 34.1 Å². The zero-order chi connectivity index (χ0) is 17.8. The standard InChI is InChI=1S/C17H17N5OS2/c1-10-4-5-13(11(2)8-10)14-6-7-16(21-20-14)24-9-15(23)18-17-22-19-12(3)25-17/h4-8H,9H2,1-3H3,(H,18,22,23). The second-order valence-corrected chi connectivity index (χ2v) is 7.72. The molecule has 128 valence electrons. The molecule has 8 heteroatoms. The van der Waals surface area contributed by atoms with Crippen LogP contribution in [0.3, 0.4) is 0 Å². The van der Waals surface area contributed by atoms with Gasteiger partial charge in [-0.05, 0) is 38.5 Å². The van der Waals surface area contributed by atoms with E-state index in [9.17, 15) is 4.79 Å². The summed E-state index contributed by atoms with van der Waals surface area (Å²) in [5, 5.41) is 21.0. The van der Waals surface area contributed by atoms with Crippen molar-refractivity contribution < 1.29 is 4.79 Å². The highest BCUT2D eigenvalue weighted by molar-refractivity contribution is 7.99. The molecule has 0 unspecified atom stereocenters. The number of benzene rings is 1. The minimum absolute atomic E-state index is 0.138. The molecule has 3 rings (SSSR count). The molecule has 1 amide bonds. The van der Waals surface area contributed by atoms with E-state index in [0.717, 1.165) is 16.3 Å². The van der Waals surface area contributed by atoms with Gasteiger partial charge in [0.15, 0.2) is 0 Å². The topological polar surface area (TPSA) is 80.7 Å². The highest BCUT2D eigenvalue weighted by Gasteiger charge is 2.09. The third-order valence-corrected chi connectivity index (χ3v) is 5.10. The normalized spacial score (nSPS) is 10.7. The Morgan fingerprint density at radius 1 is 1.08 bits per heavy atom. The fourth-order valence-electron chi connectivity index (χ4n) is 2.28. The monoisotopic (exact) mass is 371 g/mol. The maximum absolute atomic E-state index is 11.9. The van der Waals surface area contributed by atoms with E-state index in [1.54, 1.807) is 0 Å². The van der Waals surface area contributed by atoms with Gasteiger partial charge in [-0.15, -0.1) is 20.4 Å². The number of thioether (sulfide) groups is 1. The van der Waals surface area contributed by atoms with Crippen molar-refractivity contribution in [3.8, 4) is 11.3 Å². The number of carbonyl (C=O) groups is 1. The molecule has 0 spiro atoms.